The number of carboxylic acids is 2. The van der Waals surface area contributed by atoms with Gasteiger partial charge in [-0.3, -0.25) is 9.59 Å². The lowest BCUT2D eigenvalue weighted by molar-refractivity contribution is -0.154. The first-order valence-electron chi connectivity index (χ1n) is 4.25. The molecule has 0 aromatic heterocycles. The van der Waals surface area contributed by atoms with Crippen LogP contribution in [-0.2, 0) is 9.59 Å². The molecule has 0 heterocycles. The summed E-state index contributed by atoms with van der Waals surface area (Å²) in [4.78, 5) is 20.8. The molecule has 0 fully saturated rings. The van der Waals surface area contributed by atoms with E-state index in [1.54, 1.807) is 0 Å². The van der Waals surface area contributed by atoms with E-state index in [1.165, 1.54) is 0 Å². The van der Waals surface area contributed by atoms with Crippen molar-refractivity contribution in [2.24, 2.45) is 11.7 Å². The summed E-state index contributed by atoms with van der Waals surface area (Å²) in [6.45, 7) is 0.560. The van der Waals surface area contributed by atoms with Crippen LogP contribution in [0.15, 0.2) is 0 Å². The van der Waals surface area contributed by atoms with Crippen molar-refractivity contribution in [3.63, 3.8) is 0 Å². The minimum atomic E-state index is -1.27. The fourth-order valence-electron chi connectivity index (χ4n) is 1.02. The van der Waals surface area contributed by atoms with Crippen LogP contribution in [0.1, 0.15) is 25.7 Å². The van der Waals surface area contributed by atoms with Gasteiger partial charge in [0.2, 0.25) is 0 Å². The third kappa shape index (κ3) is 5.19. The van der Waals surface area contributed by atoms with Crippen LogP contribution in [0, 0.1) is 5.92 Å². The lowest BCUT2D eigenvalue weighted by Gasteiger charge is -2.05. The van der Waals surface area contributed by atoms with Gasteiger partial charge >= 0.3 is 11.9 Å². The highest BCUT2D eigenvalue weighted by molar-refractivity contribution is 5.92. The Labute approximate surface area is 76.5 Å². The number of hydrogen-bond acceptors (Lipinski definition) is 3. The number of hydrogen-bond donors (Lipinski definition) is 3. The van der Waals surface area contributed by atoms with Crippen LogP contribution in [0.5, 0.6) is 0 Å². The Hall–Kier alpha value is -1.10. The average Bonchev–Trinajstić information content (AvgIpc) is 2.02. The second-order valence-electron chi connectivity index (χ2n) is 2.87. The minimum absolute atomic E-state index is 0.185. The van der Waals surface area contributed by atoms with Crippen molar-refractivity contribution in [2.75, 3.05) is 6.54 Å². The fraction of sp³-hybridized carbons (Fsp3) is 0.750. The molecular weight excluding hydrogens is 174 g/mol. The van der Waals surface area contributed by atoms with Gasteiger partial charge in [-0.15, -0.1) is 0 Å². The third-order valence-electron chi connectivity index (χ3n) is 1.79. The van der Waals surface area contributed by atoms with E-state index in [2.05, 4.69) is 0 Å². The first kappa shape index (κ1) is 11.9. The first-order valence-corrected chi connectivity index (χ1v) is 4.25. The van der Waals surface area contributed by atoms with Gasteiger partial charge in [0.25, 0.3) is 0 Å². The number of nitrogens with two attached hydrogens (primary N) is 1. The van der Waals surface area contributed by atoms with E-state index in [0.29, 0.717) is 13.0 Å². The smallest absolute Gasteiger partial charge is 0.317 e. The molecule has 0 unspecified atom stereocenters. The van der Waals surface area contributed by atoms with Gasteiger partial charge in [0.1, 0.15) is 0 Å². The molecule has 0 rings (SSSR count). The summed E-state index contributed by atoms with van der Waals surface area (Å²) in [5.74, 6) is -3.79. The summed E-state index contributed by atoms with van der Waals surface area (Å²) in [7, 11) is 0. The van der Waals surface area contributed by atoms with Crippen LogP contribution in [0.25, 0.3) is 0 Å². The molecule has 0 aliphatic carbocycles. The molecule has 13 heavy (non-hydrogen) atoms. The van der Waals surface area contributed by atoms with Gasteiger partial charge in [0, 0.05) is 0 Å². The van der Waals surface area contributed by atoms with E-state index < -0.39 is 17.9 Å². The van der Waals surface area contributed by atoms with E-state index in [1.807, 2.05) is 0 Å². The Morgan fingerprint density at radius 3 is 2.00 bits per heavy atom. The molecule has 0 atom stereocenters. The number of aliphatic carboxylic acids is 2. The van der Waals surface area contributed by atoms with E-state index in [0.717, 1.165) is 12.8 Å². The highest BCUT2D eigenvalue weighted by Crippen LogP contribution is 2.10. The van der Waals surface area contributed by atoms with Crippen LogP contribution in [-0.4, -0.2) is 28.7 Å². The molecule has 5 nitrogen and oxygen atoms in total. The molecule has 76 valence electrons. The SMILES string of the molecule is NCCCCCC(C(=O)O)C(=O)O. The molecule has 0 aliphatic rings. The van der Waals surface area contributed by atoms with Crippen molar-refractivity contribution in [1.82, 2.24) is 0 Å². The van der Waals surface area contributed by atoms with Gasteiger partial charge in [0.05, 0.1) is 0 Å². The lowest BCUT2D eigenvalue weighted by Crippen LogP contribution is -2.23. The topological polar surface area (TPSA) is 101 Å². The predicted molar refractivity (Wildman–Crippen MR) is 46.3 cm³/mol. The second-order valence-corrected chi connectivity index (χ2v) is 2.87. The summed E-state index contributed by atoms with van der Waals surface area (Å²) in [5, 5.41) is 17.0. The Morgan fingerprint density at radius 1 is 1.08 bits per heavy atom. The van der Waals surface area contributed by atoms with Crippen LogP contribution in [0.4, 0.5) is 0 Å². The van der Waals surface area contributed by atoms with E-state index in [-0.39, 0.29) is 6.42 Å². The molecule has 0 saturated carbocycles. The van der Waals surface area contributed by atoms with Crippen LogP contribution >= 0.6 is 0 Å². The predicted octanol–water partition coefficient (Wildman–Crippen LogP) is 0.291. The van der Waals surface area contributed by atoms with Crippen molar-refractivity contribution >= 4 is 11.9 Å². The number of rotatable bonds is 7. The van der Waals surface area contributed by atoms with Gasteiger partial charge in [-0.2, -0.15) is 0 Å². The lowest BCUT2D eigenvalue weighted by atomic mass is 10.0. The normalized spacial score (nSPS) is 10.3. The second kappa shape index (κ2) is 6.42. The minimum Gasteiger partial charge on any atom is -0.481 e. The third-order valence-corrected chi connectivity index (χ3v) is 1.79. The van der Waals surface area contributed by atoms with Gasteiger partial charge in [-0.25, -0.2) is 0 Å². The van der Waals surface area contributed by atoms with Crippen molar-refractivity contribution < 1.29 is 19.8 Å². The maximum absolute atomic E-state index is 10.4. The fourth-order valence-corrected chi connectivity index (χ4v) is 1.02. The Bertz CT molecular complexity index is 167. The van der Waals surface area contributed by atoms with Crippen molar-refractivity contribution in [1.29, 1.82) is 0 Å². The largest absolute Gasteiger partial charge is 0.481 e. The number of carbonyl (C=O) groups is 2. The molecule has 4 N–H and O–H groups in total. The zero-order chi connectivity index (χ0) is 10.3. The molecule has 0 saturated heterocycles. The van der Waals surface area contributed by atoms with E-state index >= 15 is 0 Å². The maximum Gasteiger partial charge on any atom is 0.317 e. The molecule has 0 radical (unpaired) electrons. The van der Waals surface area contributed by atoms with Gasteiger partial charge in [-0.05, 0) is 19.4 Å². The summed E-state index contributed by atoms with van der Waals surface area (Å²) in [6.07, 6.45) is 2.38. The molecule has 0 amide bonds. The monoisotopic (exact) mass is 189 g/mol. The van der Waals surface area contributed by atoms with Gasteiger partial charge in [-0.1, -0.05) is 12.8 Å². The molecule has 0 spiro atoms. The number of carboxylic acid groups (broad SMARTS) is 2. The zero-order valence-corrected chi connectivity index (χ0v) is 7.40. The average molecular weight is 189 g/mol. The number of unbranched alkanes of at least 4 members (excludes halogenated alkanes) is 2. The van der Waals surface area contributed by atoms with Crippen molar-refractivity contribution in [3.8, 4) is 0 Å². The molecule has 0 aromatic carbocycles. The maximum atomic E-state index is 10.4. The van der Waals surface area contributed by atoms with E-state index in [4.69, 9.17) is 15.9 Å². The Kier molecular flexibility index (Phi) is 5.88. The first-order chi connectivity index (χ1) is 6.09. The van der Waals surface area contributed by atoms with Crippen molar-refractivity contribution in [2.45, 2.75) is 25.7 Å². The summed E-state index contributed by atoms with van der Waals surface area (Å²) < 4.78 is 0. The van der Waals surface area contributed by atoms with Crippen LogP contribution in [0.3, 0.4) is 0 Å². The van der Waals surface area contributed by atoms with Gasteiger partial charge in [0.15, 0.2) is 5.92 Å². The zero-order valence-electron chi connectivity index (χ0n) is 7.40. The molecule has 5 heteroatoms. The van der Waals surface area contributed by atoms with Crippen LogP contribution < -0.4 is 5.73 Å². The molecular formula is C8H15NO4. The van der Waals surface area contributed by atoms with E-state index in [9.17, 15) is 9.59 Å². The summed E-state index contributed by atoms with van der Waals surface area (Å²) >= 11 is 0. The molecule has 0 bridgehead atoms. The van der Waals surface area contributed by atoms with Gasteiger partial charge < -0.3 is 15.9 Å². The highest BCUT2D eigenvalue weighted by atomic mass is 16.4. The quantitative estimate of drug-likeness (QED) is 0.394. The molecule has 0 aliphatic heterocycles. The highest BCUT2D eigenvalue weighted by Gasteiger charge is 2.24. The summed E-state index contributed by atoms with van der Waals surface area (Å²) in [6, 6.07) is 0. The van der Waals surface area contributed by atoms with Crippen LogP contribution in [0.2, 0.25) is 0 Å². The van der Waals surface area contributed by atoms with Crippen molar-refractivity contribution in [3.05, 3.63) is 0 Å². The Balaban J connectivity index is 3.71. The standard InChI is InChI=1S/C8H15NO4/c9-5-3-1-2-4-6(7(10)11)8(12)13/h6H,1-5,9H2,(H,10,11)(H,12,13). The molecule has 0 aromatic rings. The Morgan fingerprint density at radius 2 is 1.62 bits per heavy atom. The summed E-state index contributed by atoms with van der Waals surface area (Å²) in [5.41, 5.74) is 5.23.